The van der Waals surface area contributed by atoms with Gasteiger partial charge in [-0.2, -0.15) is 0 Å². The van der Waals surface area contributed by atoms with Crippen molar-refractivity contribution in [2.75, 3.05) is 0 Å². The van der Waals surface area contributed by atoms with Gasteiger partial charge in [-0.15, -0.1) is 0 Å². The van der Waals surface area contributed by atoms with E-state index in [-0.39, 0.29) is 5.92 Å². The number of furan rings is 1. The fourth-order valence-corrected chi connectivity index (χ4v) is 6.58. The summed E-state index contributed by atoms with van der Waals surface area (Å²) >= 11 is 0. The third-order valence-corrected chi connectivity index (χ3v) is 8.28. The van der Waals surface area contributed by atoms with E-state index in [0.29, 0.717) is 0 Å². The average Bonchev–Trinajstić information content (AvgIpc) is 3.49. The van der Waals surface area contributed by atoms with Gasteiger partial charge in [0.15, 0.2) is 0 Å². The first kappa shape index (κ1) is 22.1. The molecule has 39 heavy (non-hydrogen) atoms. The zero-order chi connectivity index (χ0) is 25.8. The van der Waals surface area contributed by atoms with E-state index in [1.165, 1.54) is 54.9 Å². The Hall–Kier alpha value is -4.88. The lowest BCUT2D eigenvalue weighted by Gasteiger charge is -2.26. The molecule has 1 aliphatic rings. The first-order valence-corrected chi connectivity index (χ1v) is 13.6. The normalized spacial score (nSPS) is 14.3. The topological polar surface area (TPSA) is 13.1 Å². The van der Waals surface area contributed by atoms with Crippen molar-refractivity contribution in [3.8, 4) is 33.6 Å². The summed E-state index contributed by atoms with van der Waals surface area (Å²) in [6.45, 7) is 0. The summed E-state index contributed by atoms with van der Waals surface area (Å²) < 4.78 is 6.84. The first-order valence-electron chi connectivity index (χ1n) is 13.6. The van der Waals surface area contributed by atoms with Crippen molar-refractivity contribution >= 4 is 21.5 Å². The van der Waals surface area contributed by atoms with Crippen LogP contribution in [0.3, 0.4) is 0 Å². The van der Waals surface area contributed by atoms with Gasteiger partial charge in [0, 0.05) is 11.5 Å². The third kappa shape index (κ3) is 3.47. The molecule has 1 heterocycles. The van der Waals surface area contributed by atoms with Crippen molar-refractivity contribution in [2.45, 2.75) is 12.3 Å². The molecule has 0 saturated carbocycles. The van der Waals surface area contributed by atoms with Gasteiger partial charge in [0.25, 0.3) is 0 Å². The lowest BCUT2D eigenvalue weighted by molar-refractivity contribution is 0.495. The Morgan fingerprint density at radius 1 is 0.462 bits per heavy atom. The van der Waals surface area contributed by atoms with Crippen molar-refractivity contribution in [3.63, 3.8) is 0 Å². The van der Waals surface area contributed by atoms with Gasteiger partial charge in [0.1, 0.15) is 11.5 Å². The molecular formula is C38H26O. The Kier molecular flexibility index (Phi) is 5.03. The van der Waals surface area contributed by atoms with Crippen LogP contribution in [0.5, 0.6) is 0 Å². The summed E-state index contributed by atoms with van der Waals surface area (Å²) in [5, 5.41) is 4.91. The van der Waals surface area contributed by atoms with Crippen LogP contribution in [0.1, 0.15) is 22.8 Å². The van der Waals surface area contributed by atoms with Crippen molar-refractivity contribution in [1.29, 1.82) is 0 Å². The number of benzene rings is 6. The molecule has 1 aromatic heterocycles. The quantitative estimate of drug-likeness (QED) is 0.221. The molecule has 0 bridgehead atoms. The van der Waals surface area contributed by atoms with Crippen molar-refractivity contribution in [3.05, 3.63) is 156 Å². The van der Waals surface area contributed by atoms with Gasteiger partial charge in [-0.1, -0.05) is 127 Å². The van der Waals surface area contributed by atoms with Gasteiger partial charge in [-0.05, 0) is 73.5 Å². The zero-order valence-corrected chi connectivity index (χ0v) is 21.5. The minimum absolute atomic E-state index is 0.186. The molecule has 0 fully saturated rings. The van der Waals surface area contributed by atoms with E-state index < -0.39 is 0 Å². The van der Waals surface area contributed by atoms with Crippen LogP contribution in [0.25, 0.3) is 55.1 Å². The number of rotatable bonds is 3. The smallest absolute Gasteiger partial charge is 0.135 e. The molecule has 0 N–H and O–H groups in total. The van der Waals surface area contributed by atoms with Gasteiger partial charge in [-0.25, -0.2) is 0 Å². The van der Waals surface area contributed by atoms with E-state index in [9.17, 15) is 0 Å². The fraction of sp³-hybridized carbons (Fsp3) is 0.0526. The molecule has 1 nitrogen and oxygen atoms in total. The van der Waals surface area contributed by atoms with Crippen molar-refractivity contribution < 1.29 is 4.42 Å². The molecular weight excluding hydrogens is 472 g/mol. The Balaban J connectivity index is 1.34. The molecule has 7 aromatic rings. The molecule has 6 aromatic carbocycles. The maximum Gasteiger partial charge on any atom is 0.135 e. The van der Waals surface area contributed by atoms with Crippen LogP contribution in [0.15, 0.2) is 144 Å². The summed E-state index contributed by atoms with van der Waals surface area (Å²) in [5.74, 6) is 2.13. The van der Waals surface area contributed by atoms with Crippen LogP contribution in [0.2, 0.25) is 0 Å². The van der Waals surface area contributed by atoms with Crippen LogP contribution >= 0.6 is 0 Å². The molecule has 0 radical (unpaired) electrons. The van der Waals surface area contributed by atoms with Crippen LogP contribution in [0, 0.1) is 0 Å². The van der Waals surface area contributed by atoms with Crippen LogP contribution < -0.4 is 0 Å². The maximum absolute atomic E-state index is 6.84. The van der Waals surface area contributed by atoms with Crippen LogP contribution in [0.4, 0.5) is 0 Å². The van der Waals surface area contributed by atoms with Crippen LogP contribution in [-0.2, 0) is 6.42 Å². The number of hydrogen-bond donors (Lipinski definition) is 0. The monoisotopic (exact) mass is 498 g/mol. The highest BCUT2D eigenvalue weighted by molar-refractivity contribution is 6.20. The molecule has 8 rings (SSSR count). The Morgan fingerprint density at radius 3 is 1.74 bits per heavy atom. The molecule has 1 atom stereocenters. The first-order chi connectivity index (χ1) is 19.4. The standard InChI is InChI=1S/C38H26O/c1-2-12-25(13-3-1)37-30-18-8-10-20-32(30)38(33-21-11-9-19-31(33)37)36-23-22-35(39-36)34-24-26-14-4-5-15-27(26)28-16-6-7-17-29(28)34/h1-23,34H,24H2. The molecule has 184 valence electrons. The molecule has 0 amide bonds. The Bertz CT molecular complexity index is 1940. The Morgan fingerprint density at radius 2 is 1.03 bits per heavy atom. The molecule has 1 aliphatic carbocycles. The highest BCUT2D eigenvalue weighted by Gasteiger charge is 2.28. The minimum atomic E-state index is 0.186. The molecule has 0 spiro atoms. The maximum atomic E-state index is 6.84. The van der Waals surface area contributed by atoms with Gasteiger partial charge < -0.3 is 4.42 Å². The molecule has 1 unspecified atom stereocenters. The van der Waals surface area contributed by atoms with Crippen LogP contribution in [-0.4, -0.2) is 0 Å². The number of hydrogen-bond acceptors (Lipinski definition) is 1. The van der Waals surface area contributed by atoms with Gasteiger partial charge >= 0.3 is 0 Å². The largest absolute Gasteiger partial charge is 0.460 e. The van der Waals surface area contributed by atoms with Gasteiger partial charge in [0.2, 0.25) is 0 Å². The summed E-state index contributed by atoms with van der Waals surface area (Å²) in [6.07, 6.45) is 0.939. The van der Waals surface area contributed by atoms with E-state index in [1.54, 1.807) is 0 Å². The Labute approximate surface area is 228 Å². The lowest BCUT2D eigenvalue weighted by atomic mass is 9.78. The highest BCUT2D eigenvalue weighted by Crippen LogP contribution is 2.47. The average molecular weight is 499 g/mol. The van der Waals surface area contributed by atoms with E-state index in [1.807, 2.05) is 0 Å². The summed E-state index contributed by atoms with van der Waals surface area (Å²) in [5.41, 5.74) is 9.03. The fourth-order valence-electron chi connectivity index (χ4n) is 6.58. The van der Waals surface area contributed by atoms with E-state index in [4.69, 9.17) is 4.42 Å². The second-order valence-electron chi connectivity index (χ2n) is 10.4. The molecule has 0 aliphatic heterocycles. The second-order valence-corrected chi connectivity index (χ2v) is 10.4. The second kappa shape index (κ2) is 8.85. The van der Waals surface area contributed by atoms with Crippen molar-refractivity contribution in [1.82, 2.24) is 0 Å². The van der Waals surface area contributed by atoms with E-state index >= 15 is 0 Å². The third-order valence-electron chi connectivity index (χ3n) is 8.28. The van der Waals surface area contributed by atoms with E-state index in [2.05, 4.69) is 140 Å². The summed E-state index contributed by atoms with van der Waals surface area (Å²) in [4.78, 5) is 0. The summed E-state index contributed by atoms with van der Waals surface area (Å²) in [7, 11) is 0. The summed E-state index contributed by atoms with van der Waals surface area (Å²) in [6, 6.07) is 50.1. The minimum Gasteiger partial charge on any atom is -0.460 e. The predicted octanol–water partition coefficient (Wildman–Crippen LogP) is 10.3. The lowest BCUT2D eigenvalue weighted by Crippen LogP contribution is -2.11. The van der Waals surface area contributed by atoms with Gasteiger partial charge in [-0.3, -0.25) is 0 Å². The predicted molar refractivity (Wildman–Crippen MR) is 162 cm³/mol. The SMILES string of the molecule is c1ccc(-c2c3ccccc3c(-c3ccc(C4Cc5ccccc5-c5ccccc54)o3)c3ccccc23)cc1. The van der Waals surface area contributed by atoms with Crippen molar-refractivity contribution in [2.24, 2.45) is 0 Å². The molecule has 0 saturated heterocycles. The van der Waals surface area contributed by atoms with E-state index in [0.717, 1.165) is 23.5 Å². The van der Waals surface area contributed by atoms with Gasteiger partial charge in [0.05, 0.1) is 0 Å². The number of fused-ring (bicyclic) bond motifs is 5. The zero-order valence-electron chi connectivity index (χ0n) is 21.5. The highest BCUT2D eigenvalue weighted by atomic mass is 16.3. The molecule has 1 heteroatoms.